The van der Waals surface area contributed by atoms with Gasteiger partial charge in [0.2, 0.25) is 11.8 Å². The van der Waals surface area contributed by atoms with Gasteiger partial charge in [0, 0.05) is 60.5 Å². The average molecular weight is 723 g/mol. The quantitative estimate of drug-likeness (QED) is 0.156. The fourth-order valence-corrected chi connectivity index (χ4v) is 7.92. The summed E-state index contributed by atoms with van der Waals surface area (Å²) in [5.74, 6) is 0.259. The molecule has 47 heavy (non-hydrogen) atoms. The number of sulfonamides is 2. The average Bonchev–Trinajstić information content (AvgIpc) is 3.83. The lowest BCUT2D eigenvalue weighted by Crippen LogP contribution is -2.27. The minimum absolute atomic E-state index is 0.0295. The number of nitrogens with one attached hydrogen (secondary N) is 3. The van der Waals surface area contributed by atoms with Crippen molar-refractivity contribution in [2.24, 2.45) is 11.8 Å². The van der Waals surface area contributed by atoms with Crippen molar-refractivity contribution in [1.82, 2.24) is 19.9 Å². The minimum atomic E-state index is -3.77. The van der Waals surface area contributed by atoms with E-state index in [9.17, 15) is 26.4 Å². The van der Waals surface area contributed by atoms with Crippen LogP contribution in [0.3, 0.4) is 0 Å². The van der Waals surface area contributed by atoms with Crippen LogP contribution >= 0.6 is 22.7 Å². The Morgan fingerprint density at radius 2 is 1.53 bits per heavy atom. The maximum absolute atomic E-state index is 12.2. The van der Waals surface area contributed by atoms with Crippen LogP contribution < -0.4 is 19.7 Å². The van der Waals surface area contributed by atoms with Gasteiger partial charge in [-0.2, -0.15) is 0 Å². The van der Waals surface area contributed by atoms with E-state index >= 15 is 0 Å². The van der Waals surface area contributed by atoms with Gasteiger partial charge < -0.3 is 10.4 Å². The van der Waals surface area contributed by atoms with Crippen LogP contribution in [0.15, 0.2) is 69.6 Å². The van der Waals surface area contributed by atoms with Crippen molar-refractivity contribution >= 4 is 76.4 Å². The lowest BCUT2D eigenvalue weighted by Gasteiger charge is -2.15. The molecule has 0 saturated carbocycles. The first kappa shape index (κ1) is 35.8. The summed E-state index contributed by atoms with van der Waals surface area (Å²) in [6.45, 7) is 4.39. The van der Waals surface area contributed by atoms with Gasteiger partial charge in [-0.15, -0.1) is 22.7 Å². The molecule has 1 fully saturated rings. The fourth-order valence-electron chi connectivity index (χ4n) is 4.45. The summed E-state index contributed by atoms with van der Waals surface area (Å²) >= 11 is 2.36. The van der Waals surface area contributed by atoms with Crippen LogP contribution in [0.4, 0.5) is 21.9 Å². The van der Waals surface area contributed by atoms with Gasteiger partial charge in [0.25, 0.3) is 20.0 Å². The van der Waals surface area contributed by atoms with E-state index in [0.29, 0.717) is 30.3 Å². The number of thiazole rings is 2. The number of nitrogens with zero attached hydrogens (tertiary/aromatic N) is 5. The number of pyridine rings is 2. The van der Waals surface area contributed by atoms with Gasteiger partial charge in [0.05, 0.1) is 0 Å². The molecule has 2 unspecified atom stereocenters. The molecular weight excluding hydrogens is 689 g/mol. The predicted octanol–water partition coefficient (Wildman–Crippen LogP) is 3.79. The molecule has 4 aromatic heterocycles. The van der Waals surface area contributed by atoms with Gasteiger partial charge in [-0.25, -0.2) is 36.8 Å². The Bertz CT molecular complexity index is 1820. The molecular formula is C28H34N8O7S4. The molecule has 252 valence electrons. The van der Waals surface area contributed by atoms with Crippen LogP contribution in [0.2, 0.25) is 0 Å². The van der Waals surface area contributed by atoms with E-state index in [1.165, 1.54) is 65.7 Å². The molecule has 19 heteroatoms. The van der Waals surface area contributed by atoms with Gasteiger partial charge in [0.1, 0.15) is 21.4 Å². The molecule has 4 aromatic rings. The van der Waals surface area contributed by atoms with Crippen molar-refractivity contribution in [3.8, 4) is 0 Å². The molecule has 0 radical (unpaired) electrons. The van der Waals surface area contributed by atoms with E-state index in [2.05, 4.69) is 34.7 Å². The molecule has 2 atom stereocenters. The zero-order valence-corrected chi connectivity index (χ0v) is 28.7. The third-order valence-corrected chi connectivity index (χ3v) is 11.3. The Hall–Kier alpha value is -4.04. The van der Waals surface area contributed by atoms with Gasteiger partial charge in [-0.05, 0) is 49.9 Å². The highest BCUT2D eigenvalue weighted by atomic mass is 32.2. The van der Waals surface area contributed by atoms with E-state index in [-0.39, 0.29) is 51.0 Å². The summed E-state index contributed by atoms with van der Waals surface area (Å²) in [6, 6.07) is 5.78. The first-order valence-corrected chi connectivity index (χ1v) is 19.2. The van der Waals surface area contributed by atoms with E-state index in [1.54, 1.807) is 21.7 Å². The maximum atomic E-state index is 12.2. The Morgan fingerprint density at radius 3 is 1.96 bits per heavy atom. The smallest absolute Gasteiger partial charge is 0.265 e. The number of anilines is 4. The van der Waals surface area contributed by atoms with E-state index in [4.69, 9.17) is 5.11 Å². The standard InChI is InChI=1S/C14H18N4O4S2.C14H16N4O3S2/c1-2-10(5-7-19)13(20)17-12-4-3-11(9-16-12)24(21,22)18-14-15-6-8-23-14;1-2-10-5-7-18(13(10)19)12-4-3-11(9-16-12)23(20,21)17-14-15-6-8-22-14/h3-4,6,8-10,19H,2,5,7H2,1H3,(H,15,18)(H,16,17,20);3-4,6,8-10H,2,5,7H2,1H3,(H,15,17). The zero-order valence-electron chi connectivity index (χ0n) is 25.4. The third kappa shape index (κ3) is 9.50. The highest BCUT2D eigenvalue weighted by Gasteiger charge is 2.32. The second kappa shape index (κ2) is 16.2. The highest BCUT2D eigenvalue weighted by molar-refractivity contribution is 7.93. The minimum Gasteiger partial charge on any atom is -0.396 e. The normalized spacial score (nSPS) is 15.4. The molecule has 2 amide bonds. The van der Waals surface area contributed by atoms with E-state index in [1.807, 2.05) is 13.8 Å². The number of aliphatic hydroxyl groups excluding tert-OH is 1. The number of hydrogen-bond donors (Lipinski definition) is 4. The molecule has 1 aliphatic heterocycles. The number of aliphatic hydroxyl groups is 1. The lowest BCUT2D eigenvalue weighted by molar-refractivity contribution is -0.121. The molecule has 15 nitrogen and oxygen atoms in total. The number of hydrogen-bond acceptors (Lipinski definition) is 13. The highest BCUT2D eigenvalue weighted by Crippen LogP contribution is 2.27. The SMILES string of the molecule is CCC(CCO)C(=O)Nc1ccc(S(=O)(=O)Nc2nccs2)cn1.CCC1CCN(c2ccc(S(=O)(=O)Nc3nccs3)cn2)C1=O. The molecule has 0 aliphatic carbocycles. The third-order valence-electron chi connectivity index (χ3n) is 7.06. The summed E-state index contributed by atoms with van der Waals surface area (Å²) in [5.41, 5.74) is 0. The monoisotopic (exact) mass is 722 g/mol. The van der Waals surface area contributed by atoms with Crippen molar-refractivity contribution < 1.29 is 31.5 Å². The van der Waals surface area contributed by atoms with Crippen LogP contribution in [0.1, 0.15) is 39.5 Å². The van der Waals surface area contributed by atoms with Crippen molar-refractivity contribution in [3.05, 3.63) is 59.8 Å². The summed E-state index contributed by atoms with van der Waals surface area (Å²) in [7, 11) is -7.49. The van der Waals surface area contributed by atoms with Crippen LogP contribution in [-0.2, 0) is 29.6 Å². The van der Waals surface area contributed by atoms with Crippen LogP contribution in [0, 0.1) is 11.8 Å². The number of aromatic nitrogens is 4. The van der Waals surface area contributed by atoms with Gasteiger partial charge in [-0.1, -0.05) is 13.8 Å². The van der Waals surface area contributed by atoms with E-state index < -0.39 is 20.0 Å². The number of carbonyl (C=O) groups excluding carboxylic acids is 2. The largest absolute Gasteiger partial charge is 0.396 e. The number of carbonyl (C=O) groups is 2. The molecule has 4 N–H and O–H groups in total. The second-order valence-electron chi connectivity index (χ2n) is 10.1. The van der Waals surface area contributed by atoms with Crippen molar-refractivity contribution in [3.63, 3.8) is 0 Å². The molecule has 0 bridgehead atoms. The first-order valence-electron chi connectivity index (χ1n) is 14.5. The number of rotatable bonds is 13. The summed E-state index contributed by atoms with van der Waals surface area (Å²) in [6.07, 6.45) is 8.02. The fraction of sp³-hybridized carbons (Fsp3) is 0.357. The molecule has 0 spiro atoms. The molecule has 5 heterocycles. The maximum Gasteiger partial charge on any atom is 0.265 e. The Kier molecular flexibility index (Phi) is 12.3. The molecule has 0 aromatic carbocycles. The molecule has 1 saturated heterocycles. The van der Waals surface area contributed by atoms with Crippen LogP contribution in [0.5, 0.6) is 0 Å². The Labute approximate surface area is 280 Å². The number of amides is 2. The predicted molar refractivity (Wildman–Crippen MR) is 179 cm³/mol. The van der Waals surface area contributed by atoms with Gasteiger partial charge in [-0.3, -0.25) is 23.9 Å². The summed E-state index contributed by atoms with van der Waals surface area (Å²) in [4.78, 5) is 41.7. The summed E-state index contributed by atoms with van der Waals surface area (Å²) < 4.78 is 53.5. The van der Waals surface area contributed by atoms with Crippen molar-refractivity contribution in [2.45, 2.75) is 49.3 Å². The van der Waals surface area contributed by atoms with Gasteiger partial charge in [0.15, 0.2) is 10.3 Å². The van der Waals surface area contributed by atoms with Crippen LogP contribution in [0.25, 0.3) is 0 Å². The first-order chi connectivity index (χ1) is 22.5. The topological polar surface area (TPSA) is 214 Å². The van der Waals surface area contributed by atoms with Crippen molar-refractivity contribution in [1.29, 1.82) is 0 Å². The second-order valence-corrected chi connectivity index (χ2v) is 15.3. The van der Waals surface area contributed by atoms with Crippen LogP contribution in [-0.4, -0.2) is 66.8 Å². The van der Waals surface area contributed by atoms with Crippen molar-refractivity contribution in [2.75, 3.05) is 32.8 Å². The Morgan fingerprint density at radius 1 is 0.936 bits per heavy atom. The molecule has 1 aliphatic rings. The van der Waals surface area contributed by atoms with E-state index in [0.717, 1.165) is 12.8 Å². The lowest BCUT2D eigenvalue weighted by atomic mass is 10.0. The molecule has 5 rings (SSSR count). The van der Waals surface area contributed by atoms with Gasteiger partial charge >= 0.3 is 0 Å². The summed E-state index contributed by atoms with van der Waals surface area (Å²) in [5, 5.41) is 15.5. The Balaban J connectivity index is 0.000000213. The zero-order chi connectivity index (χ0) is 34.0.